The van der Waals surface area contributed by atoms with Gasteiger partial charge in [0.25, 0.3) is 11.6 Å². The Morgan fingerprint density at radius 2 is 2.15 bits per heavy atom. The van der Waals surface area contributed by atoms with Gasteiger partial charge in [-0.25, -0.2) is 0 Å². The minimum Gasteiger partial charge on any atom is -0.393 e. The quantitative estimate of drug-likeness (QED) is 0.490. The molecule has 0 saturated heterocycles. The molecule has 1 aromatic rings. The van der Waals surface area contributed by atoms with Gasteiger partial charge in [0.2, 0.25) is 0 Å². The number of nitro groups is 1. The van der Waals surface area contributed by atoms with E-state index in [1.54, 1.807) is 0 Å². The molecule has 6 heteroatoms. The van der Waals surface area contributed by atoms with Gasteiger partial charge in [0.1, 0.15) is 5.69 Å². The van der Waals surface area contributed by atoms with Gasteiger partial charge in [0.05, 0.1) is 4.92 Å². The highest BCUT2D eigenvalue weighted by Crippen LogP contribution is 2.51. The number of nitrogens with two attached hydrogens (primary N) is 1. The molecule has 3 N–H and O–H groups in total. The van der Waals surface area contributed by atoms with E-state index >= 15 is 0 Å². The third kappa shape index (κ3) is 2.74. The molecule has 20 heavy (non-hydrogen) atoms. The first-order valence-electron chi connectivity index (χ1n) is 6.68. The average molecular weight is 277 g/mol. The minimum atomic E-state index is -0.581. The van der Waals surface area contributed by atoms with Crippen molar-refractivity contribution < 1.29 is 9.72 Å². The van der Waals surface area contributed by atoms with Crippen LogP contribution < -0.4 is 11.1 Å². The molecule has 0 aliphatic heterocycles. The zero-order chi connectivity index (χ0) is 14.9. The van der Waals surface area contributed by atoms with Crippen LogP contribution in [0.2, 0.25) is 0 Å². The fraction of sp³-hybridized carbons (Fsp3) is 0.500. The molecular formula is C14H19N3O3. The molecule has 1 saturated carbocycles. The largest absolute Gasteiger partial charge is 0.393 e. The summed E-state index contributed by atoms with van der Waals surface area (Å²) in [6.45, 7) is 4.90. The summed E-state index contributed by atoms with van der Waals surface area (Å²) in [7, 11) is 0. The highest BCUT2D eigenvalue weighted by atomic mass is 16.6. The highest BCUT2D eigenvalue weighted by molar-refractivity contribution is 5.95. The molecule has 0 heterocycles. The number of nitro benzene ring substituents is 1. The van der Waals surface area contributed by atoms with Crippen LogP contribution in [0.4, 0.5) is 11.4 Å². The Morgan fingerprint density at radius 1 is 1.50 bits per heavy atom. The van der Waals surface area contributed by atoms with Crippen molar-refractivity contribution in [3.63, 3.8) is 0 Å². The fourth-order valence-corrected chi connectivity index (χ4v) is 2.32. The van der Waals surface area contributed by atoms with E-state index in [1.807, 2.05) is 0 Å². The van der Waals surface area contributed by atoms with E-state index in [9.17, 15) is 14.9 Å². The number of nitrogen functional groups attached to an aromatic ring is 1. The third-order valence-electron chi connectivity index (χ3n) is 4.21. The maximum Gasteiger partial charge on any atom is 0.292 e. The lowest BCUT2D eigenvalue weighted by Gasteiger charge is -2.20. The summed E-state index contributed by atoms with van der Waals surface area (Å²) in [6, 6.07) is 4.12. The van der Waals surface area contributed by atoms with Crippen molar-refractivity contribution in [2.45, 2.75) is 26.7 Å². The predicted octanol–water partition coefficient (Wildman–Crippen LogP) is 2.34. The molecule has 2 rings (SSSR count). The van der Waals surface area contributed by atoms with Crippen LogP contribution in [-0.2, 0) is 0 Å². The van der Waals surface area contributed by atoms with Crippen molar-refractivity contribution in [3.8, 4) is 0 Å². The van der Waals surface area contributed by atoms with Gasteiger partial charge in [0.15, 0.2) is 0 Å². The summed E-state index contributed by atoms with van der Waals surface area (Å²) < 4.78 is 0. The summed E-state index contributed by atoms with van der Waals surface area (Å²) in [5, 5.41) is 13.7. The van der Waals surface area contributed by atoms with Crippen molar-refractivity contribution in [2.75, 3.05) is 12.3 Å². The van der Waals surface area contributed by atoms with Gasteiger partial charge in [-0.1, -0.05) is 13.8 Å². The van der Waals surface area contributed by atoms with Crippen LogP contribution in [0.1, 0.15) is 37.0 Å². The molecule has 1 aliphatic carbocycles. The SMILES string of the molecule is CC(C)C1(CNC(=O)c2ccc(N)c([N+](=O)[O-])c2)CC1. The number of carbonyl (C=O) groups is 1. The Labute approximate surface area is 117 Å². The fourth-order valence-electron chi connectivity index (χ4n) is 2.32. The second-order valence-electron chi connectivity index (χ2n) is 5.73. The van der Waals surface area contributed by atoms with Gasteiger partial charge in [-0.2, -0.15) is 0 Å². The number of nitrogens with zero attached hydrogens (tertiary/aromatic N) is 1. The summed E-state index contributed by atoms with van der Waals surface area (Å²) in [6.07, 6.45) is 2.24. The molecule has 108 valence electrons. The molecule has 0 bridgehead atoms. The number of nitrogens with one attached hydrogen (secondary N) is 1. The van der Waals surface area contributed by atoms with E-state index < -0.39 is 4.92 Å². The number of hydrogen-bond donors (Lipinski definition) is 2. The van der Waals surface area contributed by atoms with Crippen molar-refractivity contribution in [1.29, 1.82) is 0 Å². The summed E-state index contributed by atoms with van der Waals surface area (Å²) in [5.41, 5.74) is 5.81. The molecule has 1 aliphatic rings. The minimum absolute atomic E-state index is 0.0624. The van der Waals surface area contributed by atoms with Crippen molar-refractivity contribution >= 4 is 17.3 Å². The van der Waals surface area contributed by atoms with Crippen LogP contribution in [0, 0.1) is 21.4 Å². The molecule has 0 spiro atoms. The van der Waals surface area contributed by atoms with Crippen molar-refractivity contribution in [3.05, 3.63) is 33.9 Å². The van der Waals surface area contributed by atoms with Gasteiger partial charge in [-0.15, -0.1) is 0 Å². The zero-order valence-corrected chi connectivity index (χ0v) is 11.7. The molecule has 0 aromatic heterocycles. The van der Waals surface area contributed by atoms with E-state index in [1.165, 1.54) is 18.2 Å². The zero-order valence-electron chi connectivity index (χ0n) is 11.7. The Balaban J connectivity index is 2.06. The van der Waals surface area contributed by atoms with E-state index in [-0.39, 0.29) is 28.3 Å². The monoisotopic (exact) mass is 277 g/mol. The van der Waals surface area contributed by atoms with Crippen LogP contribution in [0.5, 0.6) is 0 Å². The molecule has 6 nitrogen and oxygen atoms in total. The topological polar surface area (TPSA) is 98.3 Å². The normalized spacial score (nSPS) is 15.9. The van der Waals surface area contributed by atoms with Gasteiger partial charge in [-0.05, 0) is 36.3 Å². The highest BCUT2D eigenvalue weighted by Gasteiger charge is 2.45. The van der Waals surface area contributed by atoms with E-state index in [0.29, 0.717) is 12.5 Å². The van der Waals surface area contributed by atoms with Crippen LogP contribution >= 0.6 is 0 Å². The third-order valence-corrected chi connectivity index (χ3v) is 4.21. The standard InChI is InChI=1S/C14H19N3O3/c1-9(2)14(5-6-14)8-16-13(18)10-3-4-11(15)12(7-10)17(19)20/h3-4,7,9H,5-6,8,15H2,1-2H3,(H,16,18). The van der Waals surface area contributed by atoms with Crippen LogP contribution in [0.15, 0.2) is 18.2 Å². The molecule has 0 unspecified atom stereocenters. The molecule has 1 fully saturated rings. The summed E-state index contributed by atoms with van der Waals surface area (Å²) in [4.78, 5) is 22.3. The number of carbonyl (C=O) groups excluding carboxylic acids is 1. The molecule has 1 amide bonds. The van der Waals surface area contributed by atoms with Crippen LogP contribution in [0.25, 0.3) is 0 Å². The first kappa shape index (κ1) is 14.3. The second kappa shape index (κ2) is 5.11. The Hall–Kier alpha value is -2.11. The van der Waals surface area contributed by atoms with E-state index in [4.69, 9.17) is 5.73 Å². The summed E-state index contributed by atoms with van der Waals surface area (Å²) >= 11 is 0. The van der Waals surface area contributed by atoms with Gasteiger partial charge in [-0.3, -0.25) is 14.9 Å². The van der Waals surface area contributed by atoms with Gasteiger partial charge < -0.3 is 11.1 Å². The van der Waals surface area contributed by atoms with E-state index in [2.05, 4.69) is 19.2 Å². The number of hydrogen-bond acceptors (Lipinski definition) is 4. The predicted molar refractivity (Wildman–Crippen MR) is 76.3 cm³/mol. The Kier molecular flexibility index (Phi) is 3.65. The number of amides is 1. The molecule has 0 radical (unpaired) electrons. The maximum atomic E-state index is 12.1. The smallest absolute Gasteiger partial charge is 0.292 e. The van der Waals surface area contributed by atoms with E-state index in [0.717, 1.165) is 12.8 Å². The number of rotatable bonds is 5. The van der Waals surface area contributed by atoms with Gasteiger partial charge in [0, 0.05) is 18.2 Å². The first-order chi connectivity index (χ1) is 9.35. The van der Waals surface area contributed by atoms with Crippen LogP contribution in [0.3, 0.4) is 0 Å². The number of anilines is 1. The van der Waals surface area contributed by atoms with Crippen molar-refractivity contribution in [1.82, 2.24) is 5.32 Å². The number of benzene rings is 1. The maximum absolute atomic E-state index is 12.1. The summed E-state index contributed by atoms with van der Waals surface area (Å²) in [5.74, 6) is 0.226. The average Bonchev–Trinajstić information content (AvgIpc) is 3.17. The Bertz CT molecular complexity index is 551. The molecular weight excluding hydrogens is 258 g/mol. The molecule has 0 atom stereocenters. The van der Waals surface area contributed by atoms with Crippen molar-refractivity contribution in [2.24, 2.45) is 11.3 Å². The molecule has 1 aromatic carbocycles. The Morgan fingerprint density at radius 3 is 2.65 bits per heavy atom. The second-order valence-corrected chi connectivity index (χ2v) is 5.73. The lowest BCUT2D eigenvalue weighted by atomic mass is 9.92. The first-order valence-corrected chi connectivity index (χ1v) is 6.68. The lowest BCUT2D eigenvalue weighted by Crippen LogP contribution is -2.32. The van der Waals surface area contributed by atoms with Crippen LogP contribution in [-0.4, -0.2) is 17.4 Å². The lowest BCUT2D eigenvalue weighted by molar-refractivity contribution is -0.383. The van der Waals surface area contributed by atoms with Gasteiger partial charge >= 0.3 is 0 Å².